The van der Waals surface area contributed by atoms with Crippen LogP contribution >= 0.6 is 23.1 Å². The average Bonchev–Trinajstić information content (AvgIpc) is 3.03. The van der Waals surface area contributed by atoms with Crippen molar-refractivity contribution >= 4 is 45.6 Å². The molecule has 0 saturated heterocycles. The third-order valence-corrected chi connectivity index (χ3v) is 6.10. The van der Waals surface area contributed by atoms with Crippen molar-refractivity contribution in [2.45, 2.75) is 11.8 Å². The third kappa shape index (κ3) is 4.82. The number of anilines is 1. The molecule has 0 unspecified atom stereocenters. The molecule has 29 heavy (non-hydrogen) atoms. The maximum Gasteiger partial charge on any atom is 0.269 e. The van der Waals surface area contributed by atoms with Crippen LogP contribution < -0.4 is 11.1 Å². The molecule has 1 aromatic heterocycles. The summed E-state index contributed by atoms with van der Waals surface area (Å²) < 4.78 is 0. The van der Waals surface area contributed by atoms with Crippen molar-refractivity contribution < 1.29 is 14.5 Å². The molecule has 0 bridgehead atoms. The van der Waals surface area contributed by atoms with Crippen LogP contribution in [-0.2, 0) is 4.79 Å². The quantitative estimate of drug-likeness (QED) is 0.328. The number of nitrogens with zero attached hydrogens (tertiary/aromatic N) is 1. The van der Waals surface area contributed by atoms with Gasteiger partial charge in [0.15, 0.2) is 0 Å². The number of nitro groups is 1. The molecule has 3 N–H and O–H groups in total. The molecule has 3 rings (SSSR count). The molecular formula is C20H17N3O4S2. The van der Waals surface area contributed by atoms with Crippen LogP contribution in [0.4, 0.5) is 10.7 Å². The maximum absolute atomic E-state index is 12.4. The molecule has 1 heterocycles. The van der Waals surface area contributed by atoms with Gasteiger partial charge in [-0.1, -0.05) is 30.3 Å². The summed E-state index contributed by atoms with van der Waals surface area (Å²) in [5, 5.41) is 13.9. The highest BCUT2D eigenvalue weighted by Crippen LogP contribution is 2.39. The van der Waals surface area contributed by atoms with E-state index >= 15 is 0 Å². The van der Waals surface area contributed by atoms with Gasteiger partial charge < -0.3 is 11.1 Å². The van der Waals surface area contributed by atoms with Crippen LogP contribution in [-0.4, -0.2) is 22.5 Å². The number of amides is 2. The van der Waals surface area contributed by atoms with Gasteiger partial charge >= 0.3 is 0 Å². The van der Waals surface area contributed by atoms with Crippen molar-refractivity contribution in [1.29, 1.82) is 0 Å². The summed E-state index contributed by atoms with van der Waals surface area (Å²) in [7, 11) is 0. The standard InChI is InChI=1S/C20H17N3O4S2/c1-12-17(13-5-3-2-4-6-13)18(19(21)25)20(29-12)22-16(24)11-28-15-9-7-14(8-10-15)23(26)27/h2-10H,11H2,1H3,(H2,21,25)(H,22,24). The monoisotopic (exact) mass is 427 g/mol. The lowest BCUT2D eigenvalue weighted by Gasteiger charge is -2.07. The number of carbonyl (C=O) groups excluding carboxylic acids is 2. The SMILES string of the molecule is Cc1sc(NC(=O)CSc2ccc([N+](=O)[O-])cc2)c(C(N)=O)c1-c1ccccc1. The number of nitro benzene ring substituents is 1. The van der Waals surface area contributed by atoms with Gasteiger partial charge in [-0.2, -0.15) is 0 Å². The predicted octanol–water partition coefficient (Wildman–Crippen LogP) is 4.46. The van der Waals surface area contributed by atoms with E-state index in [1.807, 2.05) is 37.3 Å². The van der Waals surface area contributed by atoms with Crippen LogP contribution in [0.15, 0.2) is 59.5 Å². The van der Waals surface area contributed by atoms with Crippen molar-refractivity contribution in [2.75, 3.05) is 11.1 Å². The van der Waals surface area contributed by atoms with E-state index < -0.39 is 10.8 Å². The number of aryl methyl sites for hydroxylation is 1. The van der Waals surface area contributed by atoms with Gasteiger partial charge in [-0.25, -0.2) is 0 Å². The average molecular weight is 428 g/mol. The van der Waals surface area contributed by atoms with Crippen LogP contribution in [0.5, 0.6) is 0 Å². The Morgan fingerprint density at radius 2 is 1.79 bits per heavy atom. The Morgan fingerprint density at radius 3 is 2.38 bits per heavy atom. The fourth-order valence-electron chi connectivity index (χ4n) is 2.80. The number of nitrogens with one attached hydrogen (secondary N) is 1. The Balaban J connectivity index is 1.75. The van der Waals surface area contributed by atoms with E-state index in [0.717, 1.165) is 20.9 Å². The van der Waals surface area contributed by atoms with E-state index in [-0.39, 0.29) is 17.3 Å². The molecule has 2 aromatic carbocycles. The van der Waals surface area contributed by atoms with E-state index in [9.17, 15) is 19.7 Å². The molecule has 0 aliphatic rings. The fraction of sp³-hybridized carbons (Fsp3) is 0.100. The molecule has 3 aromatic rings. The van der Waals surface area contributed by atoms with Crippen molar-refractivity contribution in [2.24, 2.45) is 5.73 Å². The molecular weight excluding hydrogens is 410 g/mol. The van der Waals surface area contributed by atoms with Gasteiger partial charge in [0.2, 0.25) is 5.91 Å². The first-order valence-electron chi connectivity index (χ1n) is 8.52. The summed E-state index contributed by atoms with van der Waals surface area (Å²) in [6, 6.07) is 15.4. The zero-order valence-electron chi connectivity index (χ0n) is 15.4. The number of benzene rings is 2. The largest absolute Gasteiger partial charge is 0.365 e. The molecule has 0 aliphatic carbocycles. The fourth-order valence-corrected chi connectivity index (χ4v) is 4.59. The molecule has 0 fully saturated rings. The number of hydrogen-bond acceptors (Lipinski definition) is 6. The Hall–Kier alpha value is -3.17. The van der Waals surface area contributed by atoms with E-state index in [4.69, 9.17) is 5.73 Å². The minimum Gasteiger partial charge on any atom is -0.365 e. The normalized spacial score (nSPS) is 10.5. The summed E-state index contributed by atoms with van der Waals surface area (Å²) >= 11 is 2.55. The number of carbonyl (C=O) groups is 2. The topological polar surface area (TPSA) is 115 Å². The van der Waals surface area contributed by atoms with Crippen molar-refractivity contribution in [3.8, 4) is 11.1 Å². The zero-order chi connectivity index (χ0) is 21.0. The number of hydrogen-bond donors (Lipinski definition) is 2. The van der Waals surface area contributed by atoms with Crippen molar-refractivity contribution in [3.05, 3.63) is 75.2 Å². The smallest absolute Gasteiger partial charge is 0.269 e. The Labute approximate surface area is 175 Å². The molecule has 0 spiro atoms. The van der Waals surface area contributed by atoms with Gasteiger partial charge in [0.25, 0.3) is 11.6 Å². The first-order valence-corrected chi connectivity index (χ1v) is 10.3. The minimum absolute atomic E-state index is 0.00703. The van der Waals surface area contributed by atoms with Crippen LogP contribution in [0, 0.1) is 17.0 Å². The maximum atomic E-state index is 12.4. The second-order valence-electron chi connectivity index (χ2n) is 6.06. The van der Waals surface area contributed by atoms with Crippen molar-refractivity contribution in [3.63, 3.8) is 0 Å². The Morgan fingerprint density at radius 1 is 1.14 bits per heavy atom. The molecule has 0 atom stereocenters. The lowest BCUT2D eigenvalue weighted by Crippen LogP contribution is -2.18. The van der Waals surface area contributed by atoms with E-state index in [1.54, 1.807) is 12.1 Å². The lowest BCUT2D eigenvalue weighted by molar-refractivity contribution is -0.384. The van der Waals surface area contributed by atoms with Crippen LogP contribution in [0.25, 0.3) is 11.1 Å². The first-order chi connectivity index (χ1) is 13.9. The van der Waals surface area contributed by atoms with Gasteiger partial charge in [0.05, 0.1) is 16.2 Å². The first kappa shape index (κ1) is 20.6. The molecule has 0 radical (unpaired) electrons. The highest BCUT2D eigenvalue weighted by molar-refractivity contribution is 8.00. The molecule has 2 amide bonds. The summed E-state index contributed by atoms with van der Waals surface area (Å²) in [5.41, 5.74) is 7.47. The van der Waals surface area contributed by atoms with Crippen LogP contribution in [0.1, 0.15) is 15.2 Å². The molecule has 0 aliphatic heterocycles. The Kier molecular flexibility index (Phi) is 6.30. The second kappa shape index (κ2) is 8.89. The summed E-state index contributed by atoms with van der Waals surface area (Å²) in [6.07, 6.45) is 0. The second-order valence-corrected chi connectivity index (χ2v) is 8.33. The Bertz CT molecular complexity index is 1060. The number of nitrogens with two attached hydrogens (primary N) is 1. The van der Waals surface area contributed by atoms with E-state index in [2.05, 4.69) is 5.32 Å². The lowest BCUT2D eigenvalue weighted by atomic mass is 10.0. The number of rotatable bonds is 7. The van der Waals surface area contributed by atoms with Gasteiger partial charge in [-0.05, 0) is 24.6 Å². The molecule has 148 valence electrons. The van der Waals surface area contributed by atoms with Gasteiger partial charge in [-0.15, -0.1) is 23.1 Å². The third-order valence-electron chi connectivity index (χ3n) is 4.06. The highest BCUT2D eigenvalue weighted by Gasteiger charge is 2.22. The van der Waals surface area contributed by atoms with Gasteiger partial charge in [-0.3, -0.25) is 19.7 Å². The number of thioether (sulfide) groups is 1. The van der Waals surface area contributed by atoms with Gasteiger partial charge in [0, 0.05) is 27.5 Å². The summed E-state index contributed by atoms with van der Waals surface area (Å²) in [6.45, 7) is 1.88. The molecule has 0 saturated carbocycles. The minimum atomic E-state index is -0.605. The predicted molar refractivity (Wildman–Crippen MR) is 115 cm³/mol. The summed E-state index contributed by atoms with van der Waals surface area (Å²) in [5.74, 6) is -0.809. The van der Waals surface area contributed by atoms with E-state index in [0.29, 0.717) is 10.6 Å². The number of thiophene rings is 1. The van der Waals surface area contributed by atoms with Gasteiger partial charge in [0.1, 0.15) is 5.00 Å². The molecule has 9 heteroatoms. The van der Waals surface area contributed by atoms with E-state index in [1.165, 1.54) is 35.2 Å². The number of primary amides is 1. The molecule has 7 nitrogen and oxygen atoms in total. The summed E-state index contributed by atoms with van der Waals surface area (Å²) in [4.78, 5) is 36.3. The van der Waals surface area contributed by atoms with Crippen molar-refractivity contribution in [1.82, 2.24) is 0 Å². The number of non-ortho nitro benzene ring substituents is 1. The van der Waals surface area contributed by atoms with Crippen LogP contribution in [0.2, 0.25) is 0 Å². The van der Waals surface area contributed by atoms with Crippen LogP contribution in [0.3, 0.4) is 0 Å². The zero-order valence-corrected chi connectivity index (χ0v) is 17.0. The highest BCUT2D eigenvalue weighted by atomic mass is 32.2.